The number of nitrogens with one attached hydrogen (secondary N) is 2. The minimum Gasteiger partial charge on any atom is -0.495 e. The molecule has 1 aliphatic heterocycles. The minimum atomic E-state index is -0.343. The van der Waals surface area contributed by atoms with Crippen LogP contribution in [0.1, 0.15) is 15.9 Å². The van der Waals surface area contributed by atoms with Crippen LogP contribution >= 0.6 is 0 Å². The van der Waals surface area contributed by atoms with Crippen molar-refractivity contribution in [2.24, 2.45) is 0 Å². The number of amides is 2. The second kappa shape index (κ2) is 7.75. The van der Waals surface area contributed by atoms with Gasteiger partial charge in [-0.15, -0.1) is 0 Å². The standard InChI is InChI=1S/C22H21N5O3/c1-3-20(28)25-18-11-15(5-7-19(18)30-2)27-12-17(21(23)26-27)13-4-6-16-14(10-13)8-9-24-22(16)29/h3-7,10-12H,1,8-9H2,2H3,(H2,23,26)(H,24,29)(H,25,28). The summed E-state index contributed by atoms with van der Waals surface area (Å²) in [7, 11) is 1.53. The van der Waals surface area contributed by atoms with E-state index in [1.807, 2.05) is 30.5 Å². The van der Waals surface area contributed by atoms with Crippen LogP contribution in [0.2, 0.25) is 0 Å². The molecule has 0 saturated carbocycles. The van der Waals surface area contributed by atoms with Crippen LogP contribution in [0.25, 0.3) is 16.8 Å². The summed E-state index contributed by atoms with van der Waals surface area (Å²) in [5.41, 5.74) is 10.7. The highest BCUT2D eigenvalue weighted by molar-refractivity contribution is 6.00. The average molecular weight is 403 g/mol. The fourth-order valence-electron chi connectivity index (χ4n) is 3.46. The summed E-state index contributed by atoms with van der Waals surface area (Å²) in [5, 5.41) is 9.98. The number of ether oxygens (including phenoxy) is 1. The van der Waals surface area contributed by atoms with Gasteiger partial charge in [0, 0.05) is 23.9 Å². The van der Waals surface area contributed by atoms with Crippen LogP contribution < -0.4 is 21.1 Å². The van der Waals surface area contributed by atoms with Gasteiger partial charge in [-0.1, -0.05) is 18.7 Å². The lowest BCUT2D eigenvalue weighted by Crippen LogP contribution is -2.31. The SMILES string of the molecule is C=CC(=O)Nc1cc(-n2cc(-c3ccc4c(c3)CCNC4=O)c(N)n2)ccc1OC. The fraction of sp³-hybridized carbons (Fsp3) is 0.136. The molecule has 0 bridgehead atoms. The van der Waals surface area contributed by atoms with Crippen LogP contribution in [0.4, 0.5) is 11.5 Å². The molecular weight excluding hydrogens is 382 g/mol. The van der Waals surface area contributed by atoms with Crippen molar-refractivity contribution in [3.05, 3.63) is 66.4 Å². The third-order valence-corrected chi connectivity index (χ3v) is 4.97. The first-order chi connectivity index (χ1) is 14.5. The largest absolute Gasteiger partial charge is 0.495 e. The van der Waals surface area contributed by atoms with Gasteiger partial charge in [0.05, 0.1) is 18.5 Å². The highest BCUT2D eigenvalue weighted by Crippen LogP contribution is 2.31. The lowest BCUT2D eigenvalue weighted by atomic mass is 9.96. The van der Waals surface area contributed by atoms with E-state index in [1.54, 1.807) is 16.8 Å². The van der Waals surface area contributed by atoms with Crippen molar-refractivity contribution in [3.63, 3.8) is 0 Å². The summed E-state index contributed by atoms with van der Waals surface area (Å²) >= 11 is 0. The van der Waals surface area contributed by atoms with Gasteiger partial charge < -0.3 is 21.1 Å². The van der Waals surface area contributed by atoms with E-state index in [4.69, 9.17) is 10.5 Å². The van der Waals surface area contributed by atoms with Crippen molar-refractivity contribution >= 4 is 23.3 Å². The number of anilines is 2. The molecule has 0 saturated heterocycles. The monoisotopic (exact) mass is 403 g/mol. The van der Waals surface area contributed by atoms with E-state index in [9.17, 15) is 9.59 Å². The molecule has 8 nitrogen and oxygen atoms in total. The molecule has 8 heteroatoms. The Bertz CT molecular complexity index is 1170. The molecular formula is C22H21N5O3. The molecule has 0 fully saturated rings. The number of carbonyl (C=O) groups is 2. The van der Waals surface area contributed by atoms with Crippen LogP contribution in [-0.4, -0.2) is 35.2 Å². The van der Waals surface area contributed by atoms with Crippen LogP contribution in [0, 0.1) is 0 Å². The van der Waals surface area contributed by atoms with Gasteiger partial charge in [0.25, 0.3) is 5.91 Å². The lowest BCUT2D eigenvalue weighted by Gasteiger charge is -2.17. The molecule has 0 radical (unpaired) electrons. The predicted molar refractivity (Wildman–Crippen MR) is 115 cm³/mol. The highest BCUT2D eigenvalue weighted by atomic mass is 16.5. The lowest BCUT2D eigenvalue weighted by molar-refractivity contribution is -0.111. The molecule has 1 aromatic heterocycles. The number of nitrogens with two attached hydrogens (primary N) is 1. The van der Waals surface area contributed by atoms with Crippen molar-refractivity contribution in [3.8, 4) is 22.6 Å². The first kappa shape index (κ1) is 19.3. The molecule has 4 rings (SSSR count). The molecule has 4 N–H and O–H groups in total. The van der Waals surface area contributed by atoms with Crippen LogP contribution in [0.5, 0.6) is 5.75 Å². The van der Waals surface area contributed by atoms with E-state index in [0.717, 1.165) is 23.1 Å². The molecule has 0 unspecified atom stereocenters. The number of nitrogens with zero attached hydrogens (tertiary/aromatic N) is 2. The van der Waals surface area contributed by atoms with E-state index in [1.165, 1.54) is 13.2 Å². The Balaban J connectivity index is 1.71. The molecule has 0 atom stereocenters. The molecule has 0 spiro atoms. The van der Waals surface area contributed by atoms with Crippen molar-refractivity contribution in [2.45, 2.75) is 6.42 Å². The summed E-state index contributed by atoms with van der Waals surface area (Å²) in [5.74, 6) is 0.480. The van der Waals surface area contributed by atoms with Gasteiger partial charge in [-0.25, -0.2) is 4.68 Å². The first-order valence-corrected chi connectivity index (χ1v) is 9.38. The van der Waals surface area contributed by atoms with Crippen molar-refractivity contribution < 1.29 is 14.3 Å². The number of hydrogen-bond donors (Lipinski definition) is 3. The van der Waals surface area contributed by atoms with E-state index in [-0.39, 0.29) is 11.8 Å². The second-order valence-electron chi connectivity index (χ2n) is 6.83. The maximum atomic E-state index is 12.0. The molecule has 30 heavy (non-hydrogen) atoms. The van der Waals surface area contributed by atoms with Crippen LogP contribution in [0.3, 0.4) is 0 Å². The Labute approximate surface area is 173 Å². The van der Waals surface area contributed by atoms with E-state index in [2.05, 4.69) is 22.3 Å². The topological polar surface area (TPSA) is 111 Å². The van der Waals surface area contributed by atoms with Gasteiger partial charge >= 0.3 is 0 Å². The van der Waals surface area contributed by atoms with Gasteiger partial charge in [-0.05, 0) is 47.9 Å². The van der Waals surface area contributed by atoms with E-state index >= 15 is 0 Å². The second-order valence-corrected chi connectivity index (χ2v) is 6.83. The zero-order valence-corrected chi connectivity index (χ0v) is 16.4. The van der Waals surface area contributed by atoms with Crippen molar-refractivity contribution in [2.75, 3.05) is 24.7 Å². The Morgan fingerprint density at radius 1 is 1.30 bits per heavy atom. The van der Waals surface area contributed by atoms with Gasteiger partial charge in [-0.3, -0.25) is 9.59 Å². The van der Waals surface area contributed by atoms with Gasteiger partial charge in [0.2, 0.25) is 5.91 Å². The van der Waals surface area contributed by atoms with E-state index in [0.29, 0.717) is 35.1 Å². The average Bonchev–Trinajstić information content (AvgIpc) is 3.15. The number of aromatic nitrogens is 2. The molecule has 2 aromatic carbocycles. The van der Waals surface area contributed by atoms with E-state index < -0.39 is 0 Å². The minimum absolute atomic E-state index is 0.0567. The quantitative estimate of drug-likeness (QED) is 0.567. The normalized spacial score (nSPS) is 12.6. The number of benzene rings is 2. The summed E-state index contributed by atoms with van der Waals surface area (Å²) in [6.07, 6.45) is 3.78. The maximum absolute atomic E-state index is 12.0. The highest BCUT2D eigenvalue weighted by Gasteiger charge is 2.18. The molecule has 2 heterocycles. The Hall–Kier alpha value is -4.07. The predicted octanol–water partition coefficient (Wildman–Crippen LogP) is 2.54. The Kier molecular flexibility index (Phi) is 4.97. The van der Waals surface area contributed by atoms with Crippen molar-refractivity contribution in [1.82, 2.24) is 15.1 Å². The number of hydrogen-bond acceptors (Lipinski definition) is 5. The summed E-state index contributed by atoms with van der Waals surface area (Å²) in [6.45, 7) is 4.08. The van der Waals surface area contributed by atoms with Crippen LogP contribution in [0.15, 0.2) is 55.3 Å². The number of nitrogen functional groups attached to an aromatic ring is 1. The molecule has 0 aliphatic carbocycles. The zero-order chi connectivity index (χ0) is 21.3. The van der Waals surface area contributed by atoms with Gasteiger partial charge in [0.15, 0.2) is 5.82 Å². The number of rotatable bonds is 5. The van der Waals surface area contributed by atoms with Crippen LogP contribution in [-0.2, 0) is 11.2 Å². The first-order valence-electron chi connectivity index (χ1n) is 9.38. The third kappa shape index (κ3) is 3.50. The number of fused-ring (bicyclic) bond motifs is 1. The number of carbonyl (C=O) groups excluding carboxylic acids is 2. The smallest absolute Gasteiger partial charge is 0.251 e. The number of methoxy groups -OCH3 is 1. The van der Waals surface area contributed by atoms with Gasteiger partial charge in [-0.2, -0.15) is 5.10 Å². The zero-order valence-electron chi connectivity index (χ0n) is 16.4. The maximum Gasteiger partial charge on any atom is 0.251 e. The molecule has 1 aliphatic rings. The third-order valence-electron chi connectivity index (χ3n) is 4.97. The Morgan fingerprint density at radius 3 is 2.90 bits per heavy atom. The van der Waals surface area contributed by atoms with Gasteiger partial charge in [0.1, 0.15) is 5.75 Å². The Morgan fingerprint density at radius 2 is 2.13 bits per heavy atom. The summed E-state index contributed by atoms with van der Waals surface area (Å²) in [4.78, 5) is 23.7. The summed E-state index contributed by atoms with van der Waals surface area (Å²) < 4.78 is 6.94. The molecule has 2 amide bonds. The summed E-state index contributed by atoms with van der Waals surface area (Å²) in [6, 6.07) is 11.0. The molecule has 152 valence electrons. The van der Waals surface area contributed by atoms with Crippen molar-refractivity contribution in [1.29, 1.82) is 0 Å². The molecule has 3 aromatic rings. The fourth-order valence-corrected chi connectivity index (χ4v) is 3.46.